The van der Waals surface area contributed by atoms with Gasteiger partial charge in [0, 0.05) is 5.92 Å². The highest BCUT2D eigenvalue weighted by molar-refractivity contribution is 5.89. The Hall–Kier alpha value is -1.67. The van der Waals surface area contributed by atoms with Crippen molar-refractivity contribution in [1.82, 2.24) is 4.90 Å². The summed E-state index contributed by atoms with van der Waals surface area (Å²) < 4.78 is 0. The molecule has 100 valence electrons. The Kier molecular flexibility index (Phi) is 4.01. The maximum Gasteiger partial charge on any atom is 0.156 e. The molecule has 2 aromatic carbocycles. The zero-order chi connectivity index (χ0) is 14.0. The summed E-state index contributed by atoms with van der Waals surface area (Å²) in [5.41, 5.74) is 1.07. The lowest BCUT2D eigenvalue weighted by Gasteiger charge is -2.25. The molecule has 1 unspecified atom stereocenters. The summed E-state index contributed by atoms with van der Waals surface area (Å²) in [6, 6.07) is 14.4. The van der Waals surface area contributed by atoms with Gasteiger partial charge in [-0.25, -0.2) is 0 Å². The zero-order valence-corrected chi connectivity index (χ0v) is 12.1. The zero-order valence-electron chi connectivity index (χ0n) is 12.1. The number of fused-ring (bicyclic) bond motifs is 1. The van der Waals surface area contributed by atoms with Crippen LogP contribution < -0.4 is 0 Å². The fraction of sp³-hybridized carbons (Fsp3) is 0.353. The summed E-state index contributed by atoms with van der Waals surface area (Å²) in [7, 11) is 3.92. The second-order valence-electron chi connectivity index (χ2n) is 5.53. The minimum atomic E-state index is -0.162. The maximum absolute atomic E-state index is 12.4. The van der Waals surface area contributed by atoms with Crippen LogP contribution in [0.2, 0.25) is 0 Å². The van der Waals surface area contributed by atoms with Gasteiger partial charge in [0.25, 0.3) is 0 Å². The number of hydrogen-bond donors (Lipinski definition) is 0. The van der Waals surface area contributed by atoms with Crippen LogP contribution in [0.5, 0.6) is 0 Å². The van der Waals surface area contributed by atoms with E-state index in [0.29, 0.717) is 0 Å². The van der Waals surface area contributed by atoms with Gasteiger partial charge in [-0.05, 0) is 36.5 Å². The second kappa shape index (κ2) is 5.54. The Bertz CT molecular complexity index is 587. The number of rotatable bonds is 4. The third kappa shape index (κ3) is 2.85. The van der Waals surface area contributed by atoms with E-state index >= 15 is 0 Å². The van der Waals surface area contributed by atoms with Gasteiger partial charge in [-0.15, -0.1) is 0 Å². The number of nitrogens with zero attached hydrogens (tertiary/aromatic N) is 1. The molecular formula is C17H21NO. The lowest BCUT2D eigenvalue weighted by Crippen LogP contribution is -2.30. The molecule has 0 fully saturated rings. The topological polar surface area (TPSA) is 20.3 Å². The fourth-order valence-electron chi connectivity index (χ4n) is 2.41. The summed E-state index contributed by atoms with van der Waals surface area (Å²) in [4.78, 5) is 14.4. The van der Waals surface area contributed by atoms with Crippen LogP contribution in [0.15, 0.2) is 42.5 Å². The monoisotopic (exact) mass is 255 g/mol. The number of benzene rings is 2. The molecule has 19 heavy (non-hydrogen) atoms. The lowest BCUT2D eigenvalue weighted by atomic mass is 9.93. The van der Waals surface area contributed by atoms with E-state index in [4.69, 9.17) is 0 Å². The summed E-state index contributed by atoms with van der Waals surface area (Å²) in [5.74, 6) is 0.305. The van der Waals surface area contributed by atoms with E-state index in [2.05, 4.69) is 30.3 Å². The summed E-state index contributed by atoms with van der Waals surface area (Å²) >= 11 is 0. The average Bonchev–Trinajstić information content (AvgIpc) is 2.38. The molecule has 0 radical (unpaired) electrons. The molecule has 0 bridgehead atoms. The van der Waals surface area contributed by atoms with Crippen molar-refractivity contribution >= 4 is 16.6 Å². The minimum Gasteiger partial charge on any atom is -0.297 e. The van der Waals surface area contributed by atoms with Crippen molar-refractivity contribution in [3.05, 3.63) is 48.0 Å². The van der Waals surface area contributed by atoms with Crippen LogP contribution in [0.25, 0.3) is 10.8 Å². The number of Topliss-reactive ketones (excluding diaryl/α,β-unsaturated/α-hetero) is 1. The Morgan fingerprint density at radius 3 is 2.21 bits per heavy atom. The first-order valence-electron chi connectivity index (χ1n) is 6.69. The number of hydrogen-bond acceptors (Lipinski definition) is 2. The largest absolute Gasteiger partial charge is 0.297 e. The van der Waals surface area contributed by atoms with Gasteiger partial charge in [-0.2, -0.15) is 0 Å². The van der Waals surface area contributed by atoms with Crippen molar-refractivity contribution < 1.29 is 4.79 Å². The molecule has 0 saturated heterocycles. The summed E-state index contributed by atoms with van der Waals surface area (Å²) in [5, 5.41) is 2.39. The summed E-state index contributed by atoms with van der Waals surface area (Å²) in [6.07, 6.45) is 0. The van der Waals surface area contributed by atoms with Crippen LogP contribution in [-0.2, 0) is 4.79 Å². The predicted octanol–water partition coefficient (Wildman–Crippen LogP) is 3.67. The van der Waals surface area contributed by atoms with Crippen LogP contribution in [0.3, 0.4) is 0 Å². The van der Waals surface area contributed by atoms with Gasteiger partial charge in [-0.3, -0.25) is 9.69 Å². The van der Waals surface area contributed by atoms with Gasteiger partial charge in [0.05, 0.1) is 6.04 Å². The van der Waals surface area contributed by atoms with E-state index in [0.717, 1.165) is 5.56 Å². The number of carbonyl (C=O) groups excluding carboxylic acids is 1. The fourth-order valence-corrected chi connectivity index (χ4v) is 2.41. The Morgan fingerprint density at radius 1 is 1.00 bits per heavy atom. The minimum absolute atomic E-state index is 0.0406. The molecule has 2 aromatic rings. The predicted molar refractivity (Wildman–Crippen MR) is 80.2 cm³/mol. The van der Waals surface area contributed by atoms with Gasteiger partial charge in [-0.1, -0.05) is 50.2 Å². The lowest BCUT2D eigenvalue weighted by molar-refractivity contribution is -0.126. The maximum atomic E-state index is 12.4. The third-order valence-corrected chi connectivity index (χ3v) is 3.44. The first-order chi connectivity index (χ1) is 9.00. The van der Waals surface area contributed by atoms with Crippen molar-refractivity contribution in [3.63, 3.8) is 0 Å². The van der Waals surface area contributed by atoms with Gasteiger partial charge >= 0.3 is 0 Å². The van der Waals surface area contributed by atoms with Gasteiger partial charge in [0.15, 0.2) is 5.78 Å². The highest BCUT2D eigenvalue weighted by Gasteiger charge is 2.24. The Morgan fingerprint density at radius 2 is 1.63 bits per heavy atom. The first-order valence-corrected chi connectivity index (χ1v) is 6.69. The smallest absolute Gasteiger partial charge is 0.156 e. The molecular weight excluding hydrogens is 234 g/mol. The standard InChI is InChI=1S/C17H21NO/c1-12(2)17(19)16(18(3)4)15-10-9-13-7-5-6-8-14(13)11-15/h5-12,16H,1-4H3. The Labute approximate surface area is 115 Å². The van der Waals surface area contributed by atoms with Crippen LogP contribution >= 0.6 is 0 Å². The number of likely N-dealkylation sites (N-methyl/N-ethyl adjacent to an activating group) is 1. The molecule has 0 saturated carbocycles. The quantitative estimate of drug-likeness (QED) is 0.831. The molecule has 0 spiro atoms. The molecule has 0 aliphatic heterocycles. The van der Waals surface area contributed by atoms with E-state index in [9.17, 15) is 4.79 Å². The number of ketones is 1. The Balaban J connectivity index is 2.47. The first kappa shape index (κ1) is 13.8. The third-order valence-electron chi connectivity index (χ3n) is 3.44. The van der Waals surface area contributed by atoms with E-state index < -0.39 is 0 Å². The molecule has 2 rings (SSSR count). The molecule has 2 heteroatoms. The molecule has 0 N–H and O–H groups in total. The van der Waals surface area contributed by atoms with Crippen LogP contribution in [0.1, 0.15) is 25.5 Å². The van der Waals surface area contributed by atoms with Gasteiger partial charge < -0.3 is 0 Å². The molecule has 0 aliphatic carbocycles. The van der Waals surface area contributed by atoms with Crippen LogP contribution in [0.4, 0.5) is 0 Å². The van der Waals surface area contributed by atoms with E-state index in [-0.39, 0.29) is 17.7 Å². The molecule has 0 heterocycles. The highest BCUT2D eigenvalue weighted by Crippen LogP contribution is 2.26. The van der Waals surface area contributed by atoms with Crippen molar-refractivity contribution in [2.24, 2.45) is 5.92 Å². The van der Waals surface area contributed by atoms with E-state index in [1.165, 1.54) is 10.8 Å². The number of carbonyl (C=O) groups is 1. The molecule has 0 aliphatic rings. The molecule has 2 nitrogen and oxygen atoms in total. The van der Waals surface area contributed by atoms with Crippen molar-refractivity contribution in [2.75, 3.05) is 14.1 Å². The van der Waals surface area contributed by atoms with Crippen LogP contribution in [0, 0.1) is 5.92 Å². The van der Waals surface area contributed by atoms with Crippen LogP contribution in [-0.4, -0.2) is 24.8 Å². The van der Waals surface area contributed by atoms with Crippen molar-refractivity contribution in [1.29, 1.82) is 0 Å². The van der Waals surface area contributed by atoms with Crippen molar-refractivity contribution in [3.8, 4) is 0 Å². The molecule has 0 amide bonds. The second-order valence-corrected chi connectivity index (χ2v) is 5.53. The highest BCUT2D eigenvalue weighted by atomic mass is 16.1. The average molecular weight is 255 g/mol. The van der Waals surface area contributed by atoms with E-state index in [1.54, 1.807) is 0 Å². The van der Waals surface area contributed by atoms with E-state index in [1.807, 2.05) is 45.0 Å². The normalized spacial score (nSPS) is 13.2. The SMILES string of the molecule is CC(C)C(=O)C(c1ccc2ccccc2c1)N(C)C. The van der Waals surface area contributed by atoms with Crippen molar-refractivity contribution in [2.45, 2.75) is 19.9 Å². The molecule has 1 atom stereocenters. The molecule has 0 aromatic heterocycles. The van der Waals surface area contributed by atoms with Gasteiger partial charge in [0.1, 0.15) is 0 Å². The van der Waals surface area contributed by atoms with Gasteiger partial charge in [0.2, 0.25) is 0 Å². The summed E-state index contributed by atoms with van der Waals surface area (Å²) in [6.45, 7) is 3.92.